The van der Waals surface area contributed by atoms with E-state index in [0.29, 0.717) is 0 Å². The van der Waals surface area contributed by atoms with Crippen LogP contribution in [0, 0.1) is 0 Å². The van der Waals surface area contributed by atoms with Crippen LogP contribution in [-0.4, -0.2) is 53.2 Å². The molecule has 1 unspecified atom stereocenters. The van der Waals surface area contributed by atoms with Crippen molar-refractivity contribution in [2.24, 2.45) is 0 Å². The van der Waals surface area contributed by atoms with Gasteiger partial charge in [0.1, 0.15) is 16.5 Å². The highest BCUT2D eigenvalue weighted by atomic mass is 28.5. The van der Waals surface area contributed by atoms with Crippen LogP contribution in [0.15, 0.2) is 0 Å². The van der Waals surface area contributed by atoms with Crippen LogP contribution in [0.3, 0.4) is 0 Å². The van der Waals surface area contributed by atoms with Gasteiger partial charge in [0, 0.05) is 0 Å². The zero-order valence-corrected chi connectivity index (χ0v) is 25.2. The number of unbranched alkanes of at least 4 members (excludes halogenated alkanes) is 1. The minimum atomic E-state index is -1.98. The summed E-state index contributed by atoms with van der Waals surface area (Å²) >= 11 is 0. The molecule has 0 heterocycles. The van der Waals surface area contributed by atoms with Crippen molar-refractivity contribution in [3.8, 4) is 0 Å². The molecule has 0 aromatic carbocycles. The Hall–Kier alpha value is 0.964. The largest absolute Gasteiger partial charge is 0.440 e. The lowest BCUT2D eigenvalue weighted by Gasteiger charge is -2.44. The number of hydrogen-bond acceptors (Lipinski definition) is 3. The average Bonchev–Trinajstić information content (AvgIpc) is 2.36. The van der Waals surface area contributed by atoms with Gasteiger partial charge in [0.05, 0.1) is 0 Å². The zero-order valence-electron chi connectivity index (χ0n) is 20.1. The molecule has 0 radical (unpaired) electrons. The SMILES string of the molecule is CCCC[Si](C)(CCCN([Si](C)(C)C)[Si](C)(C)C)O[Si](C)(C)O[SiH](C)C. The van der Waals surface area contributed by atoms with E-state index < -0.39 is 42.4 Å². The van der Waals surface area contributed by atoms with Gasteiger partial charge in [0.15, 0.2) is 17.4 Å². The smallest absolute Gasteiger partial charge is 0.310 e. The minimum absolute atomic E-state index is 1.04. The van der Waals surface area contributed by atoms with Crippen LogP contribution in [0.5, 0.6) is 0 Å². The molecule has 0 aliphatic carbocycles. The molecule has 0 fully saturated rings. The number of rotatable bonds is 13. The van der Waals surface area contributed by atoms with E-state index in [1.807, 2.05) is 0 Å². The summed E-state index contributed by atoms with van der Waals surface area (Å²) in [5.74, 6) is 0. The lowest BCUT2D eigenvalue weighted by Crippen LogP contribution is -2.59. The maximum absolute atomic E-state index is 6.89. The van der Waals surface area contributed by atoms with E-state index in [4.69, 9.17) is 8.23 Å². The normalized spacial score (nSPS) is 16.4. The molecule has 158 valence electrons. The molecule has 0 aromatic rings. The van der Waals surface area contributed by atoms with Crippen LogP contribution in [0.4, 0.5) is 0 Å². The summed E-state index contributed by atoms with van der Waals surface area (Å²) in [7, 11) is -7.22. The highest BCUT2D eigenvalue weighted by Gasteiger charge is 2.39. The molecular formula is C18H49NO2Si5. The second-order valence-electron chi connectivity index (χ2n) is 10.8. The fourth-order valence-corrected chi connectivity index (χ4v) is 26.9. The summed E-state index contributed by atoms with van der Waals surface area (Å²) in [6, 6.07) is 2.58. The van der Waals surface area contributed by atoms with Crippen molar-refractivity contribution in [1.82, 2.24) is 4.23 Å². The average molecular weight is 452 g/mol. The molecule has 8 heteroatoms. The molecule has 0 aliphatic heterocycles. The first kappa shape index (κ1) is 27.0. The number of hydrogen-bond donors (Lipinski definition) is 0. The molecular weight excluding hydrogens is 403 g/mol. The van der Waals surface area contributed by atoms with Crippen LogP contribution in [0.2, 0.25) is 84.1 Å². The van der Waals surface area contributed by atoms with Crippen LogP contribution in [0.25, 0.3) is 0 Å². The fraction of sp³-hybridized carbons (Fsp3) is 1.00. The van der Waals surface area contributed by atoms with Crippen molar-refractivity contribution in [1.29, 1.82) is 0 Å². The van der Waals surface area contributed by atoms with Crippen LogP contribution in [-0.2, 0) is 8.23 Å². The summed E-state index contributed by atoms with van der Waals surface area (Å²) < 4.78 is 16.2. The summed E-state index contributed by atoms with van der Waals surface area (Å²) in [6.45, 7) is 30.2. The highest BCUT2D eigenvalue weighted by molar-refractivity contribution is 6.89. The van der Waals surface area contributed by atoms with E-state index in [1.165, 1.54) is 37.9 Å². The molecule has 26 heavy (non-hydrogen) atoms. The van der Waals surface area contributed by atoms with Gasteiger partial charge in [-0.25, -0.2) is 0 Å². The van der Waals surface area contributed by atoms with Crippen molar-refractivity contribution in [2.45, 2.75) is 110 Å². The first-order valence-electron chi connectivity index (χ1n) is 10.7. The van der Waals surface area contributed by atoms with Crippen LogP contribution >= 0.6 is 0 Å². The second kappa shape index (κ2) is 10.7. The summed E-state index contributed by atoms with van der Waals surface area (Å²) in [5, 5.41) is 0. The predicted octanol–water partition coefficient (Wildman–Crippen LogP) is 6.44. The number of nitrogens with zero attached hydrogens (tertiary/aromatic N) is 1. The Balaban J connectivity index is 5.05. The van der Waals surface area contributed by atoms with Gasteiger partial charge in [-0.05, 0) is 57.8 Å². The molecule has 0 aromatic heterocycles. The van der Waals surface area contributed by atoms with Gasteiger partial charge in [-0.2, -0.15) is 0 Å². The third kappa shape index (κ3) is 11.1. The molecule has 0 amide bonds. The maximum Gasteiger partial charge on any atom is 0.310 e. The fourth-order valence-electron chi connectivity index (χ4n) is 4.25. The molecule has 0 saturated heterocycles. The van der Waals surface area contributed by atoms with Crippen molar-refractivity contribution in [2.75, 3.05) is 6.54 Å². The Morgan fingerprint density at radius 1 is 0.769 bits per heavy atom. The topological polar surface area (TPSA) is 21.7 Å². The quantitative estimate of drug-likeness (QED) is 0.301. The third-order valence-electron chi connectivity index (χ3n) is 4.78. The third-order valence-corrected chi connectivity index (χ3v) is 23.4. The molecule has 0 rings (SSSR count). The monoisotopic (exact) mass is 451 g/mol. The van der Waals surface area contributed by atoms with E-state index >= 15 is 0 Å². The van der Waals surface area contributed by atoms with E-state index in [2.05, 4.69) is 83.2 Å². The van der Waals surface area contributed by atoms with E-state index in [0.717, 1.165) is 0 Å². The van der Waals surface area contributed by atoms with Crippen molar-refractivity contribution in [3.63, 3.8) is 0 Å². The Morgan fingerprint density at radius 2 is 1.23 bits per heavy atom. The second-order valence-corrected chi connectivity index (χ2v) is 31.6. The van der Waals surface area contributed by atoms with Gasteiger partial charge in [-0.1, -0.05) is 59.0 Å². The van der Waals surface area contributed by atoms with Crippen molar-refractivity contribution in [3.05, 3.63) is 0 Å². The predicted molar refractivity (Wildman–Crippen MR) is 133 cm³/mol. The first-order valence-corrected chi connectivity index (χ1v) is 26.0. The molecule has 1 atom stereocenters. The molecule has 0 spiro atoms. The Morgan fingerprint density at radius 3 is 1.62 bits per heavy atom. The standard InChI is InChI=1S/C18H49NO2Si5/c1-13-14-17-26(12,21-25(10,11)20-22(2)3)18-15-16-19(23(4,5)6)24(7,8)9/h22H,13-18H2,1-12H3. The molecule has 3 nitrogen and oxygen atoms in total. The van der Waals surface area contributed by atoms with Crippen LogP contribution < -0.4 is 0 Å². The molecule has 0 saturated carbocycles. The summed E-state index contributed by atoms with van der Waals surface area (Å²) in [6.07, 6.45) is 3.87. The lowest BCUT2D eigenvalue weighted by molar-refractivity contribution is 0.393. The zero-order chi connectivity index (χ0) is 20.8. The van der Waals surface area contributed by atoms with Crippen molar-refractivity contribution >= 4 is 42.4 Å². The Labute approximate surface area is 171 Å². The maximum atomic E-state index is 6.89. The summed E-state index contributed by atoms with van der Waals surface area (Å²) in [4.78, 5) is 0. The van der Waals surface area contributed by atoms with Gasteiger partial charge >= 0.3 is 8.56 Å². The molecule has 0 bridgehead atoms. The van der Waals surface area contributed by atoms with E-state index in [-0.39, 0.29) is 0 Å². The Kier molecular flexibility index (Phi) is 11.1. The van der Waals surface area contributed by atoms with Gasteiger partial charge in [-0.3, -0.25) is 0 Å². The van der Waals surface area contributed by atoms with Gasteiger partial charge in [0.2, 0.25) is 0 Å². The molecule has 0 N–H and O–H groups in total. The van der Waals surface area contributed by atoms with Crippen molar-refractivity contribution < 1.29 is 8.23 Å². The summed E-state index contributed by atoms with van der Waals surface area (Å²) in [5.41, 5.74) is 0. The van der Waals surface area contributed by atoms with Gasteiger partial charge in [0.25, 0.3) is 0 Å². The van der Waals surface area contributed by atoms with Crippen LogP contribution in [0.1, 0.15) is 26.2 Å². The van der Waals surface area contributed by atoms with E-state index in [9.17, 15) is 0 Å². The first-order chi connectivity index (χ1) is 11.5. The van der Waals surface area contributed by atoms with E-state index in [1.54, 1.807) is 0 Å². The van der Waals surface area contributed by atoms with Gasteiger partial charge in [-0.15, -0.1) is 0 Å². The molecule has 0 aliphatic rings. The minimum Gasteiger partial charge on any atom is -0.440 e. The highest BCUT2D eigenvalue weighted by Crippen LogP contribution is 2.29. The lowest BCUT2D eigenvalue weighted by atomic mass is 10.4. The van der Waals surface area contributed by atoms with Gasteiger partial charge < -0.3 is 12.5 Å². The Bertz CT molecular complexity index is 393.